The van der Waals surface area contributed by atoms with Gasteiger partial charge >= 0.3 is 0 Å². The zero-order valence-corrected chi connectivity index (χ0v) is 13.3. The van der Waals surface area contributed by atoms with Gasteiger partial charge in [-0.3, -0.25) is 0 Å². The molecule has 3 N–H and O–H groups in total. The van der Waals surface area contributed by atoms with Gasteiger partial charge in [0.25, 0.3) is 0 Å². The third kappa shape index (κ3) is 3.08. The molecule has 0 amide bonds. The van der Waals surface area contributed by atoms with Gasteiger partial charge in [0.05, 0.1) is 5.56 Å². The Bertz CT molecular complexity index is 631. The molecule has 0 saturated heterocycles. The Morgan fingerprint density at radius 1 is 1.30 bits per heavy atom. The molecule has 0 saturated carbocycles. The van der Waals surface area contributed by atoms with E-state index in [0.717, 1.165) is 21.3 Å². The minimum absolute atomic E-state index is 0.520. The molecular weight excluding hydrogens is 320 g/mol. The summed E-state index contributed by atoms with van der Waals surface area (Å²) in [6.45, 7) is 5.86. The Morgan fingerprint density at radius 3 is 2.65 bits per heavy atom. The van der Waals surface area contributed by atoms with Crippen LogP contribution in [0.4, 0.5) is 5.82 Å². The van der Waals surface area contributed by atoms with Crippen LogP contribution >= 0.6 is 15.9 Å². The molecule has 0 aliphatic rings. The van der Waals surface area contributed by atoms with E-state index in [1.54, 1.807) is 0 Å². The highest BCUT2D eigenvalue weighted by molar-refractivity contribution is 9.10. The van der Waals surface area contributed by atoms with Gasteiger partial charge in [-0.1, -0.05) is 22.9 Å². The lowest BCUT2D eigenvalue weighted by molar-refractivity contribution is 0.454. The first kappa shape index (κ1) is 14.7. The highest BCUT2D eigenvalue weighted by Crippen LogP contribution is 2.29. The fourth-order valence-electron chi connectivity index (χ4n) is 1.73. The average Bonchev–Trinajstić information content (AvgIpc) is 2.45. The van der Waals surface area contributed by atoms with E-state index in [2.05, 4.69) is 31.3 Å². The van der Waals surface area contributed by atoms with Crippen molar-refractivity contribution >= 4 is 21.7 Å². The highest BCUT2D eigenvalue weighted by atomic mass is 79.9. The number of aromatic nitrogens is 2. The maximum Gasteiger partial charge on any atom is 0.227 e. The lowest BCUT2D eigenvalue weighted by Crippen LogP contribution is -2.13. The van der Waals surface area contributed by atoms with Crippen molar-refractivity contribution in [3.8, 4) is 11.6 Å². The van der Waals surface area contributed by atoms with E-state index in [4.69, 9.17) is 10.6 Å². The topological polar surface area (TPSA) is 73.1 Å². The van der Waals surface area contributed by atoms with Gasteiger partial charge in [-0.15, -0.1) is 0 Å². The smallest absolute Gasteiger partial charge is 0.227 e. The maximum absolute atomic E-state index is 5.86. The zero-order chi connectivity index (χ0) is 14.7. The molecule has 20 heavy (non-hydrogen) atoms. The number of anilines is 1. The van der Waals surface area contributed by atoms with Gasteiger partial charge in [-0.25, -0.2) is 10.8 Å². The molecule has 6 heteroatoms. The van der Waals surface area contributed by atoms with Crippen molar-refractivity contribution in [2.75, 3.05) is 5.43 Å². The fraction of sp³-hybridized carbons (Fsp3) is 0.286. The van der Waals surface area contributed by atoms with Crippen molar-refractivity contribution in [3.63, 3.8) is 0 Å². The molecule has 1 heterocycles. The Kier molecular flexibility index (Phi) is 4.57. The zero-order valence-electron chi connectivity index (χ0n) is 11.7. The minimum atomic E-state index is 0.520. The van der Waals surface area contributed by atoms with Crippen molar-refractivity contribution in [2.45, 2.75) is 27.2 Å². The third-order valence-electron chi connectivity index (χ3n) is 2.94. The molecule has 5 nitrogen and oxygen atoms in total. The Hall–Kier alpha value is -1.66. The molecule has 0 aliphatic carbocycles. The van der Waals surface area contributed by atoms with E-state index in [1.165, 1.54) is 0 Å². The molecule has 1 aromatic carbocycles. The number of nitrogens with one attached hydrogen (secondary N) is 1. The quantitative estimate of drug-likeness (QED) is 0.660. The maximum atomic E-state index is 5.86. The summed E-state index contributed by atoms with van der Waals surface area (Å²) >= 11 is 3.47. The molecule has 0 spiro atoms. The Balaban J connectivity index is 2.39. The molecule has 0 bridgehead atoms. The SMILES string of the molecule is CCc1nc(NN)c(C)c(Oc2ccc(Br)c(C)c2)n1. The number of hydrazine groups is 1. The van der Waals surface area contributed by atoms with Gasteiger partial charge in [0.2, 0.25) is 5.88 Å². The number of nitrogens with zero attached hydrogens (tertiary/aromatic N) is 2. The van der Waals surface area contributed by atoms with Gasteiger partial charge < -0.3 is 10.2 Å². The second-order valence-electron chi connectivity index (χ2n) is 4.43. The first-order chi connectivity index (χ1) is 9.55. The second-order valence-corrected chi connectivity index (χ2v) is 5.28. The van der Waals surface area contributed by atoms with E-state index in [0.29, 0.717) is 23.9 Å². The molecule has 2 aromatic rings. The summed E-state index contributed by atoms with van der Waals surface area (Å²) in [5.74, 6) is 8.00. The molecule has 1 aromatic heterocycles. The Labute approximate surface area is 126 Å². The van der Waals surface area contributed by atoms with Gasteiger partial charge in [0.15, 0.2) is 0 Å². The van der Waals surface area contributed by atoms with Crippen LogP contribution in [-0.4, -0.2) is 9.97 Å². The molecule has 0 unspecified atom stereocenters. The van der Waals surface area contributed by atoms with Crippen LogP contribution in [-0.2, 0) is 6.42 Å². The van der Waals surface area contributed by atoms with Gasteiger partial charge in [0.1, 0.15) is 17.4 Å². The van der Waals surface area contributed by atoms with Crippen LogP contribution in [0.5, 0.6) is 11.6 Å². The normalized spacial score (nSPS) is 10.4. The number of hydrogen-bond acceptors (Lipinski definition) is 5. The van der Waals surface area contributed by atoms with E-state index in [9.17, 15) is 0 Å². The molecule has 2 rings (SSSR count). The number of hydrogen-bond donors (Lipinski definition) is 2. The predicted octanol–water partition coefficient (Wildman–Crippen LogP) is 3.50. The van der Waals surface area contributed by atoms with Crippen LogP contribution in [0.3, 0.4) is 0 Å². The van der Waals surface area contributed by atoms with Crippen molar-refractivity contribution in [1.29, 1.82) is 0 Å². The van der Waals surface area contributed by atoms with Crippen LogP contribution in [0.15, 0.2) is 22.7 Å². The minimum Gasteiger partial charge on any atom is -0.439 e. The third-order valence-corrected chi connectivity index (χ3v) is 3.83. The molecule has 0 aliphatic heterocycles. The number of ether oxygens (including phenoxy) is 1. The lowest BCUT2D eigenvalue weighted by atomic mass is 10.2. The van der Waals surface area contributed by atoms with Gasteiger partial charge in [0, 0.05) is 10.9 Å². The molecular formula is C14H17BrN4O. The van der Waals surface area contributed by atoms with Crippen molar-refractivity contribution < 1.29 is 4.74 Å². The number of aryl methyl sites for hydroxylation is 2. The van der Waals surface area contributed by atoms with E-state index < -0.39 is 0 Å². The number of rotatable bonds is 4. The molecule has 0 fully saturated rings. The summed E-state index contributed by atoms with van der Waals surface area (Å²) in [7, 11) is 0. The summed E-state index contributed by atoms with van der Waals surface area (Å²) < 4.78 is 6.91. The standard InChI is InChI=1S/C14H17BrN4O/c1-4-12-17-13(19-16)9(3)14(18-12)20-10-5-6-11(15)8(2)7-10/h5-7H,4,16H2,1-3H3,(H,17,18,19). The summed E-state index contributed by atoms with van der Waals surface area (Å²) in [4.78, 5) is 8.71. The van der Waals surface area contributed by atoms with Crippen LogP contribution in [0, 0.1) is 13.8 Å². The predicted molar refractivity (Wildman–Crippen MR) is 82.9 cm³/mol. The van der Waals surface area contributed by atoms with E-state index >= 15 is 0 Å². The average molecular weight is 337 g/mol. The summed E-state index contributed by atoms with van der Waals surface area (Å²) in [5, 5.41) is 0. The second kappa shape index (κ2) is 6.19. The summed E-state index contributed by atoms with van der Waals surface area (Å²) in [5.41, 5.74) is 4.46. The van der Waals surface area contributed by atoms with Crippen molar-refractivity contribution in [3.05, 3.63) is 39.6 Å². The summed E-state index contributed by atoms with van der Waals surface area (Å²) in [6, 6.07) is 5.79. The molecule has 0 radical (unpaired) electrons. The van der Waals surface area contributed by atoms with Crippen LogP contribution in [0.1, 0.15) is 23.9 Å². The van der Waals surface area contributed by atoms with Crippen molar-refractivity contribution in [1.82, 2.24) is 9.97 Å². The largest absolute Gasteiger partial charge is 0.439 e. The molecule has 0 atom stereocenters. The van der Waals surface area contributed by atoms with E-state index in [-0.39, 0.29) is 0 Å². The monoisotopic (exact) mass is 336 g/mol. The van der Waals surface area contributed by atoms with Crippen molar-refractivity contribution in [2.24, 2.45) is 5.84 Å². The number of nitrogens with two attached hydrogens (primary N) is 1. The van der Waals surface area contributed by atoms with Crippen LogP contribution < -0.4 is 16.0 Å². The van der Waals surface area contributed by atoms with E-state index in [1.807, 2.05) is 39.0 Å². The number of nitrogen functional groups attached to an aromatic ring is 1. The lowest BCUT2D eigenvalue weighted by Gasteiger charge is -2.12. The first-order valence-electron chi connectivity index (χ1n) is 6.33. The van der Waals surface area contributed by atoms with Crippen LogP contribution in [0.2, 0.25) is 0 Å². The number of benzene rings is 1. The molecule has 106 valence electrons. The highest BCUT2D eigenvalue weighted by Gasteiger charge is 2.12. The summed E-state index contributed by atoms with van der Waals surface area (Å²) in [6.07, 6.45) is 0.713. The number of halogens is 1. The van der Waals surface area contributed by atoms with Gasteiger partial charge in [-0.2, -0.15) is 4.98 Å². The Morgan fingerprint density at radius 2 is 2.05 bits per heavy atom. The first-order valence-corrected chi connectivity index (χ1v) is 7.12. The fourth-order valence-corrected chi connectivity index (χ4v) is 1.98. The van der Waals surface area contributed by atoms with Crippen LogP contribution in [0.25, 0.3) is 0 Å². The van der Waals surface area contributed by atoms with Gasteiger partial charge in [-0.05, 0) is 37.6 Å².